The summed E-state index contributed by atoms with van der Waals surface area (Å²) in [7, 11) is -3.69. The Morgan fingerprint density at radius 1 is 1.08 bits per heavy atom. The fraction of sp³-hybridized carbons (Fsp3) is 0.294. The second kappa shape index (κ2) is 8.26. The van der Waals surface area contributed by atoms with Crippen LogP contribution in [0.15, 0.2) is 46.0 Å². The Morgan fingerprint density at radius 3 is 2.28 bits per heavy atom. The van der Waals surface area contributed by atoms with E-state index in [0.29, 0.717) is 12.1 Å². The number of amides is 2. The van der Waals surface area contributed by atoms with Crippen LogP contribution in [0.1, 0.15) is 23.3 Å². The number of likely N-dealkylation sites (N-methyl/N-ethyl adjacent to an activating group) is 1. The van der Waals surface area contributed by atoms with Crippen molar-refractivity contribution in [2.45, 2.75) is 23.3 Å². The standard InChI is InChI=1S/C17H20N2O4S2/c1-3-18-16(20)17(21)19-11-14(13-8-6-12(2)7-9-13)25(22,23)15-5-4-10-24-15/h4-10,14H,3,11H2,1-2H3,(H,18,20)(H,19,21)/t14-/m0/s1. The zero-order chi connectivity index (χ0) is 18.4. The van der Waals surface area contributed by atoms with Crippen LogP contribution in [0.5, 0.6) is 0 Å². The topological polar surface area (TPSA) is 92.3 Å². The number of rotatable bonds is 6. The maximum absolute atomic E-state index is 12.9. The third-order valence-electron chi connectivity index (χ3n) is 3.59. The zero-order valence-corrected chi connectivity index (χ0v) is 15.6. The van der Waals surface area contributed by atoms with Gasteiger partial charge in [0.15, 0.2) is 9.84 Å². The van der Waals surface area contributed by atoms with E-state index in [2.05, 4.69) is 10.6 Å². The first-order valence-electron chi connectivity index (χ1n) is 7.76. The van der Waals surface area contributed by atoms with Crippen molar-refractivity contribution >= 4 is 33.0 Å². The molecule has 0 saturated heterocycles. The SMILES string of the molecule is CCNC(=O)C(=O)NC[C@@H](c1ccc(C)cc1)S(=O)(=O)c1cccs1. The number of thiophene rings is 1. The Bertz CT molecular complexity index is 828. The van der Waals surface area contributed by atoms with Crippen LogP contribution in [-0.2, 0) is 19.4 Å². The molecule has 1 atom stereocenters. The molecule has 2 rings (SSSR count). The fourth-order valence-corrected chi connectivity index (χ4v) is 5.13. The molecule has 0 saturated carbocycles. The lowest BCUT2D eigenvalue weighted by atomic mass is 10.1. The van der Waals surface area contributed by atoms with Crippen molar-refractivity contribution in [3.05, 3.63) is 52.9 Å². The van der Waals surface area contributed by atoms with Crippen LogP contribution < -0.4 is 10.6 Å². The maximum atomic E-state index is 12.9. The number of carbonyl (C=O) groups is 2. The maximum Gasteiger partial charge on any atom is 0.309 e. The minimum absolute atomic E-state index is 0.181. The number of hydrogen-bond donors (Lipinski definition) is 2. The monoisotopic (exact) mass is 380 g/mol. The lowest BCUT2D eigenvalue weighted by Crippen LogP contribution is -2.42. The lowest BCUT2D eigenvalue weighted by Gasteiger charge is -2.18. The number of benzene rings is 1. The second-order valence-corrected chi connectivity index (χ2v) is 8.75. The van der Waals surface area contributed by atoms with E-state index in [1.54, 1.807) is 30.5 Å². The highest BCUT2D eigenvalue weighted by Crippen LogP contribution is 2.31. The highest BCUT2D eigenvalue weighted by atomic mass is 32.2. The number of carbonyl (C=O) groups excluding carboxylic acids is 2. The van der Waals surface area contributed by atoms with Gasteiger partial charge in [-0.1, -0.05) is 35.9 Å². The Hall–Kier alpha value is -2.19. The summed E-state index contributed by atoms with van der Waals surface area (Å²) in [4.78, 5) is 23.4. The molecule has 0 spiro atoms. The van der Waals surface area contributed by atoms with E-state index in [-0.39, 0.29) is 10.8 Å². The van der Waals surface area contributed by atoms with Crippen LogP contribution in [0.3, 0.4) is 0 Å². The third-order valence-corrected chi connectivity index (χ3v) is 7.12. The molecule has 1 aromatic carbocycles. The molecular weight excluding hydrogens is 360 g/mol. The van der Waals surface area contributed by atoms with Crippen LogP contribution in [0, 0.1) is 6.92 Å². The number of sulfone groups is 1. The lowest BCUT2D eigenvalue weighted by molar-refractivity contribution is -0.139. The minimum Gasteiger partial charge on any atom is -0.348 e. The highest BCUT2D eigenvalue weighted by molar-refractivity contribution is 7.93. The molecule has 1 aromatic heterocycles. The summed E-state index contributed by atoms with van der Waals surface area (Å²) in [6.45, 7) is 3.74. The van der Waals surface area contributed by atoms with Crippen LogP contribution >= 0.6 is 11.3 Å². The largest absolute Gasteiger partial charge is 0.348 e. The molecule has 0 aliphatic carbocycles. The fourth-order valence-electron chi connectivity index (χ4n) is 2.26. The van der Waals surface area contributed by atoms with Crippen molar-refractivity contribution in [1.29, 1.82) is 0 Å². The van der Waals surface area contributed by atoms with Gasteiger partial charge in [-0.2, -0.15) is 0 Å². The first-order chi connectivity index (χ1) is 11.9. The summed E-state index contributed by atoms with van der Waals surface area (Å²) in [5.74, 6) is -1.63. The van der Waals surface area contributed by atoms with Crippen LogP contribution in [0.25, 0.3) is 0 Å². The zero-order valence-electron chi connectivity index (χ0n) is 14.0. The van der Waals surface area contributed by atoms with Gasteiger partial charge in [0.2, 0.25) is 0 Å². The molecule has 2 amide bonds. The average molecular weight is 380 g/mol. The average Bonchev–Trinajstić information content (AvgIpc) is 3.12. The molecule has 0 radical (unpaired) electrons. The van der Waals surface area contributed by atoms with E-state index < -0.39 is 26.9 Å². The Kier molecular flexibility index (Phi) is 6.33. The molecule has 2 aromatic rings. The molecule has 1 heterocycles. The van der Waals surface area contributed by atoms with Gasteiger partial charge in [-0.3, -0.25) is 9.59 Å². The molecule has 0 bridgehead atoms. The Balaban J connectivity index is 2.29. The Labute approximate surface area is 151 Å². The van der Waals surface area contributed by atoms with Crippen molar-refractivity contribution in [1.82, 2.24) is 10.6 Å². The first kappa shape index (κ1) is 19.1. The second-order valence-electron chi connectivity index (χ2n) is 5.45. The van der Waals surface area contributed by atoms with Gasteiger partial charge in [-0.15, -0.1) is 11.3 Å². The van der Waals surface area contributed by atoms with Crippen molar-refractivity contribution in [3.8, 4) is 0 Å². The summed E-state index contributed by atoms with van der Waals surface area (Å²) >= 11 is 1.12. The molecule has 2 N–H and O–H groups in total. The smallest absolute Gasteiger partial charge is 0.309 e. The Morgan fingerprint density at radius 2 is 1.72 bits per heavy atom. The molecule has 0 aliphatic rings. The molecule has 8 heteroatoms. The molecule has 6 nitrogen and oxygen atoms in total. The molecule has 134 valence electrons. The molecule has 0 fully saturated rings. The van der Waals surface area contributed by atoms with Gasteiger partial charge in [0.05, 0.1) is 0 Å². The van der Waals surface area contributed by atoms with Crippen LogP contribution in [0.4, 0.5) is 0 Å². The van der Waals surface area contributed by atoms with E-state index in [1.807, 2.05) is 19.1 Å². The van der Waals surface area contributed by atoms with Gasteiger partial charge in [0, 0.05) is 13.1 Å². The van der Waals surface area contributed by atoms with Gasteiger partial charge in [0.1, 0.15) is 9.46 Å². The normalized spacial score (nSPS) is 12.4. The van der Waals surface area contributed by atoms with Crippen molar-refractivity contribution in [3.63, 3.8) is 0 Å². The van der Waals surface area contributed by atoms with E-state index in [4.69, 9.17) is 0 Å². The third kappa shape index (κ3) is 4.67. The number of nitrogens with one attached hydrogen (secondary N) is 2. The van der Waals surface area contributed by atoms with E-state index >= 15 is 0 Å². The van der Waals surface area contributed by atoms with Crippen LogP contribution in [0.2, 0.25) is 0 Å². The van der Waals surface area contributed by atoms with E-state index in [9.17, 15) is 18.0 Å². The van der Waals surface area contributed by atoms with Gasteiger partial charge in [-0.25, -0.2) is 8.42 Å². The number of aryl methyl sites for hydroxylation is 1. The summed E-state index contributed by atoms with van der Waals surface area (Å²) in [5, 5.41) is 5.53. The predicted molar refractivity (Wildman–Crippen MR) is 97.1 cm³/mol. The highest BCUT2D eigenvalue weighted by Gasteiger charge is 2.31. The molecule has 25 heavy (non-hydrogen) atoms. The molecule has 0 aliphatic heterocycles. The van der Waals surface area contributed by atoms with Crippen LogP contribution in [-0.4, -0.2) is 33.3 Å². The summed E-state index contributed by atoms with van der Waals surface area (Å²) in [6, 6.07) is 10.3. The van der Waals surface area contributed by atoms with Gasteiger partial charge >= 0.3 is 11.8 Å². The summed E-state index contributed by atoms with van der Waals surface area (Å²) in [5.41, 5.74) is 1.57. The molecular formula is C17H20N2O4S2. The first-order valence-corrected chi connectivity index (χ1v) is 10.2. The number of hydrogen-bond acceptors (Lipinski definition) is 5. The molecule has 0 unspecified atom stereocenters. The van der Waals surface area contributed by atoms with E-state index in [1.165, 1.54) is 6.07 Å². The van der Waals surface area contributed by atoms with Crippen molar-refractivity contribution < 1.29 is 18.0 Å². The summed E-state index contributed by atoms with van der Waals surface area (Å²) < 4.78 is 26.1. The minimum atomic E-state index is -3.69. The quantitative estimate of drug-likeness (QED) is 0.748. The van der Waals surface area contributed by atoms with E-state index in [0.717, 1.165) is 16.9 Å². The van der Waals surface area contributed by atoms with Gasteiger partial charge in [0.25, 0.3) is 0 Å². The van der Waals surface area contributed by atoms with Gasteiger partial charge < -0.3 is 10.6 Å². The summed E-state index contributed by atoms with van der Waals surface area (Å²) in [6.07, 6.45) is 0. The van der Waals surface area contributed by atoms with Crippen molar-refractivity contribution in [2.24, 2.45) is 0 Å². The van der Waals surface area contributed by atoms with Gasteiger partial charge in [-0.05, 0) is 30.9 Å². The predicted octanol–water partition coefficient (Wildman–Crippen LogP) is 1.82. The van der Waals surface area contributed by atoms with Crippen molar-refractivity contribution in [2.75, 3.05) is 13.1 Å².